The summed E-state index contributed by atoms with van der Waals surface area (Å²) >= 11 is 0. The molecule has 8 heteroatoms. The van der Waals surface area contributed by atoms with Crippen LogP contribution in [0.15, 0.2) is 42.5 Å². The van der Waals surface area contributed by atoms with E-state index in [0.717, 1.165) is 0 Å². The Morgan fingerprint density at radius 2 is 1.96 bits per heavy atom. The van der Waals surface area contributed by atoms with E-state index in [4.69, 9.17) is 10.5 Å². The zero-order valence-corrected chi connectivity index (χ0v) is 13.8. The third kappa shape index (κ3) is 4.01. The minimum Gasteiger partial charge on any atom is -0.497 e. The third-order valence-electron chi connectivity index (χ3n) is 4.19. The lowest BCUT2D eigenvalue weighted by molar-refractivity contribution is -0.274. The standard InChI is InChI=1S/C18H17F3N2O3/c1-25-10-6-7-14(22)15(8-10)23-17(24)13-9-12(13)11-4-2-3-5-16(11)26-18(19,20)21/h2-8,12-13H,9,22H2,1H3,(H,23,24). The predicted molar refractivity (Wildman–Crippen MR) is 90.0 cm³/mol. The molecular weight excluding hydrogens is 349 g/mol. The Bertz CT molecular complexity index is 824. The van der Waals surface area contributed by atoms with Gasteiger partial charge in [0.2, 0.25) is 5.91 Å². The predicted octanol–water partition coefficient (Wildman–Crippen LogP) is 3.92. The third-order valence-corrected chi connectivity index (χ3v) is 4.19. The molecule has 5 nitrogen and oxygen atoms in total. The van der Waals surface area contributed by atoms with E-state index in [0.29, 0.717) is 29.1 Å². The lowest BCUT2D eigenvalue weighted by atomic mass is 10.1. The number of halogens is 3. The first kappa shape index (κ1) is 17.9. The van der Waals surface area contributed by atoms with E-state index in [-0.39, 0.29) is 17.6 Å². The number of hydrogen-bond acceptors (Lipinski definition) is 4. The Balaban J connectivity index is 1.72. The first-order valence-corrected chi connectivity index (χ1v) is 7.87. The molecule has 1 amide bonds. The molecule has 0 bridgehead atoms. The van der Waals surface area contributed by atoms with Gasteiger partial charge in [-0.1, -0.05) is 18.2 Å². The number of alkyl halides is 3. The molecule has 1 fully saturated rings. The van der Waals surface area contributed by atoms with Gasteiger partial charge in [-0.05, 0) is 36.1 Å². The molecule has 138 valence electrons. The smallest absolute Gasteiger partial charge is 0.497 e. The molecular formula is C18H17F3N2O3. The van der Waals surface area contributed by atoms with Crippen molar-refractivity contribution >= 4 is 17.3 Å². The summed E-state index contributed by atoms with van der Waals surface area (Å²) in [6.45, 7) is 0. The number of nitrogens with one attached hydrogen (secondary N) is 1. The van der Waals surface area contributed by atoms with Crippen LogP contribution in [0.5, 0.6) is 11.5 Å². The highest BCUT2D eigenvalue weighted by atomic mass is 19.4. The number of rotatable bonds is 5. The maximum atomic E-state index is 12.5. The highest BCUT2D eigenvalue weighted by molar-refractivity contribution is 5.98. The normalized spacial score (nSPS) is 18.9. The fourth-order valence-corrected chi connectivity index (χ4v) is 2.83. The quantitative estimate of drug-likeness (QED) is 0.787. The van der Waals surface area contributed by atoms with Gasteiger partial charge in [0, 0.05) is 12.0 Å². The average molecular weight is 366 g/mol. The van der Waals surface area contributed by atoms with Crippen LogP contribution < -0.4 is 20.5 Å². The van der Waals surface area contributed by atoms with Gasteiger partial charge in [0.1, 0.15) is 11.5 Å². The number of para-hydroxylation sites is 1. The molecule has 2 atom stereocenters. The maximum Gasteiger partial charge on any atom is 0.573 e. The van der Waals surface area contributed by atoms with Crippen molar-refractivity contribution in [2.45, 2.75) is 18.7 Å². The van der Waals surface area contributed by atoms with Gasteiger partial charge < -0.3 is 20.5 Å². The molecule has 1 aliphatic rings. The summed E-state index contributed by atoms with van der Waals surface area (Å²) in [5.41, 5.74) is 6.98. The highest BCUT2D eigenvalue weighted by Crippen LogP contribution is 2.51. The Kier molecular flexibility index (Phi) is 4.67. The number of hydrogen-bond donors (Lipinski definition) is 2. The average Bonchev–Trinajstić information content (AvgIpc) is 3.36. The van der Waals surface area contributed by atoms with Gasteiger partial charge in [0.25, 0.3) is 0 Å². The highest BCUT2D eigenvalue weighted by Gasteiger charge is 2.46. The summed E-state index contributed by atoms with van der Waals surface area (Å²) in [6.07, 6.45) is -4.34. The number of methoxy groups -OCH3 is 1. The van der Waals surface area contributed by atoms with Crippen molar-refractivity contribution < 1.29 is 27.4 Å². The van der Waals surface area contributed by atoms with Crippen LogP contribution in [0.1, 0.15) is 17.9 Å². The van der Waals surface area contributed by atoms with Gasteiger partial charge in [-0.15, -0.1) is 13.2 Å². The lowest BCUT2D eigenvalue weighted by Crippen LogP contribution is -2.18. The van der Waals surface area contributed by atoms with E-state index in [1.165, 1.54) is 19.2 Å². The summed E-state index contributed by atoms with van der Waals surface area (Å²) in [6, 6.07) is 10.7. The summed E-state index contributed by atoms with van der Waals surface area (Å²) < 4.78 is 46.8. The van der Waals surface area contributed by atoms with Crippen LogP contribution in [-0.2, 0) is 4.79 Å². The Morgan fingerprint density at radius 3 is 2.65 bits per heavy atom. The summed E-state index contributed by atoms with van der Waals surface area (Å²) in [5, 5.41) is 2.71. The molecule has 26 heavy (non-hydrogen) atoms. The van der Waals surface area contributed by atoms with Crippen molar-refractivity contribution in [2.75, 3.05) is 18.2 Å². The molecule has 3 rings (SSSR count). The zero-order chi connectivity index (χ0) is 18.9. The van der Waals surface area contributed by atoms with Crippen molar-refractivity contribution in [1.29, 1.82) is 0 Å². The van der Waals surface area contributed by atoms with Crippen molar-refractivity contribution in [1.82, 2.24) is 0 Å². The van der Waals surface area contributed by atoms with Crippen molar-refractivity contribution in [3.05, 3.63) is 48.0 Å². The van der Waals surface area contributed by atoms with E-state index in [2.05, 4.69) is 10.1 Å². The van der Waals surface area contributed by atoms with E-state index >= 15 is 0 Å². The molecule has 2 aromatic rings. The van der Waals surface area contributed by atoms with Gasteiger partial charge in [0.15, 0.2) is 0 Å². The Morgan fingerprint density at radius 1 is 1.23 bits per heavy atom. The topological polar surface area (TPSA) is 73.6 Å². The molecule has 0 aliphatic heterocycles. The number of ether oxygens (including phenoxy) is 2. The number of nitrogens with two attached hydrogens (primary N) is 1. The molecule has 0 spiro atoms. The van der Waals surface area contributed by atoms with Gasteiger partial charge in [-0.25, -0.2) is 0 Å². The number of anilines is 2. The maximum absolute atomic E-state index is 12.5. The van der Waals surface area contributed by atoms with Crippen LogP contribution in [0.25, 0.3) is 0 Å². The van der Waals surface area contributed by atoms with E-state index in [9.17, 15) is 18.0 Å². The largest absolute Gasteiger partial charge is 0.573 e. The number of amides is 1. The lowest BCUT2D eigenvalue weighted by Gasteiger charge is -2.13. The summed E-state index contributed by atoms with van der Waals surface area (Å²) in [7, 11) is 1.49. The molecule has 1 aliphatic carbocycles. The molecule has 2 unspecified atom stereocenters. The second kappa shape index (κ2) is 6.78. The fourth-order valence-electron chi connectivity index (χ4n) is 2.83. The van der Waals surface area contributed by atoms with Crippen molar-refractivity contribution in [2.24, 2.45) is 5.92 Å². The molecule has 0 saturated heterocycles. The first-order valence-electron chi connectivity index (χ1n) is 7.87. The fraction of sp³-hybridized carbons (Fsp3) is 0.278. The van der Waals surface area contributed by atoms with Crippen LogP contribution >= 0.6 is 0 Å². The van der Waals surface area contributed by atoms with E-state index in [1.807, 2.05) is 0 Å². The van der Waals surface area contributed by atoms with Crippen LogP contribution in [0.3, 0.4) is 0 Å². The van der Waals surface area contributed by atoms with Gasteiger partial charge in [0.05, 0.1) is 18.5 Å². The molecule has 0 heterocycles. The SMILES string of the molecule is COc1ccc(N)c(NC(=O)C2CC2c2ccccc2OC(F)(F)F)c1. The van der Waals surface area contributed by atoms with Crippen LogP contribution in [0, 0.1) is 5.92 Å². The number of benzene rings is 2. The molecule has 2 aromatic carbocycles. The summed E-state index contributed by atoms with van der Waals surface area (Å²) in [5.74, 6) is -0.831. The Labute approximate surface area is 147 Å². The number of nitrogen functional groups attached to an aromatic ring is 1. The minimum atomic E-state index is -4.78. The Hall–Kier alpha value is -2.90. The minimum absolute atomic E-state index is 0.277. The molecule has 3 N–H and O–H groups in total. The second-order valence-corrected chi connectivity index (χ2v) is 5.98. The van der Waals surface area contributed by atoms with Crippen LogP contribution in [0.4, 0.5) is 24.5 Å². The van der Waals surface area contributed by atoms with E-state index in [1.54, 1.807) is 30.3 Å². The second-order valence-electron chi connectivity index (χ2n) is 5.98. The van der Waals surface area contributed by atoms with E-state index < -0.39 is 12.3 Å². The van der Waals surface area contributed by atoms with Gasteiger partial charge in [-0.3, -0.25) is 4.79 Å². The van der Waals surface area contributed by atoms with Crippen LogP contribution in [0.2, 0.25) is 0 Å². The number of carbonyl (C=O) groups is 1. The molecule has 0 radical (unpaired) electrons. The van der Waals surface area contributed by atoms with Crippen molar-refractivity contribution in [3.63, 3.8) is 0 Å². The number of carbonyl (C=O) groups excluding carboxylic acids is 1. The molecule has 0 aromatic heterocycles. The zero-order valence-electron chi connectivity index (χ0n) is 13.8. The van der Waals surface area contributed by atoms with Crippen molar-refractivity contribution in [3.8, 4) is 11.5 Å². The van der Waals surface area contributed by atoms with Gasteiger partial charge >= 0.3 is 6.36 Å². The first-order chi connectivity index (χ1) is 12.3. The van der Waals surface area contributed by atoms with Crippen LogP contribution in [-0.4, -0.2) is 19.4 Å². The summed E-state index contributed by atoms with van der Waals surface area (Å²) in [4.78, 5) is 12.4. The van der Waals surface area contributed by atoms with Gasteiger partial charge in [-0.2, -0.15) is 0 Å². The monoisotopic (exact) mass is 366 g/mol. The molecule has 1 saturated carbocycles.